The second-order valence-electron chi connectivity index (χ2n) is 12.4. The van der Waals surface area contributed by atoms with E-state index in [1.54, 1.807) is 24.3 Å². The Morgan fingerprint density at radius 2 is 1.47 bits per heavy atom. The predicted molar refractivity (Wildman–Crippen MR) is 181 cm³/mol. The van der Waals surface area contributed by atoms with Crippen LogP contribution >= 0.6 is 31.9 Å². The first-order chi connectivity index (χ1) is 21.8. The maximum Gasteiger partial charge on any atom is 0.277 e. The summed E-state index contributed by atoms with van der Waals surface area (Å²) in [5.41, 5.74) is 5.68. The molecule has 0 radical (unpaired) electrons. The lowest BCUT2D eigenvalue weighted by Gasteiger charge is -2.57. The number of nitrogens with zero attached hydrogens (tertiary/aromatic N) is 1. The van der Waals surface area contributed by atoms with Crippen molar-refractivity contribution in [2.24, 2.45) is 22.9 Å². The fraction of sp³-hybridized carbons (Fsp3) is 0.400. The van der Waals surface area contributed by atoms with Gasteiger partial charge in [0.2, 0.25) is 0 Å². The lowest BCUT2D eigenvalue weighted by Crippen LogP contribution is -2.48. The van der Waals surface area contributed by atoms with Gasteiger partial charge in [-0.1, -0.05) is 28.1 Å². The molecule has 0 aliphatic heterocycles. The summed E-state index contributed by atoms with van der Waals surface area (Å²) in [7, 11) is 0. The van der Waals surface area contributed by atoms with Crippen LogP contribution in [-0.4, -0.2) is 37.8 Å². The van der Waals surface area contributed by atoms with Gasteiger partial charge in [0.1, 0.15) is 5.75 Å². The van der Waals surface area contributed by atoms with Crippen LogP contribution in [0.25, 0.3) is 0 Å². The van der Waals surface area contributed by atoms with E-state index in [9.17, 15) is 9.59 Å². The number of hydrogen-bond donors (Lipinski definition) is 2. The molecule has 4 bridgehead atoms. The van der Waals surface area contributed by atoms with Gasteiger partial charge in [0.05, 0.1) is 17.3 Å². The van der Waals surface area contributed by atoms with Gasteiger partial charge in [0.25, 0.3) is 11.8 Å². The molecule has 0 unspecified atom stereocenters. The zero-order chi connectivity index (χ0) is 31.4. The third kappa shape index (κ3) is 7.72. The number of halogens is 2. The molecule has 10 heteroatoms. The highest BCUT2D eigenvalue weighted by Crippen LogP contribution is 2.60. The van der Waals surface area contributed by atoms with E-state index in [-0.39, 0.29) is 19.1 Å². The Morgan fingerprint density at radius 1 is 0.822 bits per heavy atom. The van der Waals surface area contributed by atoms with E-state index in [0.717, 1.165) is 32.4 Å². The summed E-state index contributed by atoms with van der Waals surface area (Å²) in [5, 5.41) is 6.98. The summed E-state index contributed by atoms with van der Waals surface area (Å²) in [5.74, 6) is 3.51. The quantitative estimate of drug-likeness (QED) is 0.147. The van der Waals surface area contributed by atoms with Crippen LogP contribution in [0, 0.1) is 17.8 Å². The first-order valence-corrected chi connectivity index (χ1v) is 17.1. The molecule has 0 atom stereocenters. The van der Waals surface area contributed by atoms with Crippen LogP contribution in [0.2, 0.25) is 0 Å². The van der Waals surface area contributed by atoms with Crippen LogP contribution in [0.15, 0.2) is 74.7 Å². The smallest absolute Gasteiger partial charge is 0.277 e. The molecule has 3 aromatic carbocycles. The minimum atomic E-state index is -0.403. The number of carbonyl (C=O) groups excluding carboxylic acids is 2. The Hall–Kier alpha value is -3.37. The van der Waals surface area contributed by atoms with Crippen molar-refractivity contribution >= 4 is 55.6 Å². The van der Waals surface area contributed by atoms with Gasteiger partial charge >= 0.3 is 0 Å². The third-order valence-electron chi connectivity index (χ3n) is 9.10. The number of benzene rings is 3. The highest BCUT2D eigenvalue weighted by molar-refractivity contribution is 9.11. The van der Waals surface area contributed by atoms with Crippen LogP contribution in [0.5, 0.6) is 17.2 Å². The maximum absolute atomic E-state index is 12.8. The van der Waals surface area contributed by atoms with E-state index < -0.39 is 5.91 Å². The Labute approximate surface area is 280 Å². The highest BCUT2D eigenvalue weighted by Gasteiger charge is 2.51. The van der Waals surface area contributed by atoms with E-state index in [2.05, 4.69) is 59.8 Å². The summed E-state index contributed by atoms with van der Waals surface area (Å²) in [6, 6.07) is 19.1. The Bertz CT molecular complexity index is 1540. The minimum Gasteiger partial charge on any atom is -0.490 e. The van der Waals surface area contributed by atoms with Gasteiger partial charge in [-0.2, -0.15) is 5.10 Å². The second-order valence-corrected chi connectivity index (χ2v) is 14.2. The molecule has 0 spiro atoms. The summed E-state index contributed by atoms with van der Waals surface area (Å²) in [6.45, 7) is 1.94. The van der Waals surface area contributed by atoms with Gasteiger partial charge in [-0.3, -0.25) is 9.59 Å². The lowest BCUT2D eigenvalue weighted by atomic mass is 9.48. The Morgan fingerprint density at radius 3 is 2.13 bits per heavy atom. The van der Waals surface area contributed by atoms with Gasteiger partial charge in [-0.05, 0) is 144 Å². The summed E-state index contributed by atoms with van der Waals surface area (Å²) >= 11 is 6.78. The van der Waals surface area contributed by atoms with Crippen molar-refractivity contribution in [2.75, 3.05) is 25.1 Å². The summed E-state index contributed by atoms with van der Waals surface area (Å²) in [6.07, 6.45) is 9.74. The third-order valence-corrected chi connectivity index (χ3v) is 10.2. The van der Waals surface area contributed by atoms with Crippen molar-refractivity contribution < 1.29 is 23.8 Å². The number of rotatable bonds is 12. The number of hydrogen-bond acceptors (Lipinski definition) is 6. The molecule has 45 heavy (non-hydrogen) atoms. The zero-order valence-corrected chi connectivity index (χ0v) is 28.4. The number of amides is 2. The molecule has 0 aromatic heterocycles. The van der Waals surface area contributed by atoms with Crippen LogP contribution < -0.4 is 25.0 Å². The first-order valence-electron chi connectivity index (χ1n) is 15.5. The molecule has 4 saturated carbocycles. The molecule has 0 saturated heterocycles. The lowest BCUT2D eigenvalue weighted by molar-refractivity contribution is -0.123. The Kier molecular flexibility index (Phi) is 9.80. The fourth-order valence-electron chi connectivity index (χ4n) is 7.65. The van der Waals surface area contributed by atoms with E-state index in [0.29, 0.717) is 34.8 Å². The van der Waals surface area contributed by atoms with Crippen LogP contribution in [0.3, 0.4) is 0 Å². The zero-order valence-electron chi connectivity index (χ0n) is 25.2. The number of carbonyl (C=O) groups is 2. The van der Waals surface area contributed by atoms with Gasteiger partial charge in [-0.15, -0.1) is 0 Å². The molecule has 4 fully saturated rings. The van der Waals surface area contributed by atoms with Crippen molar-refractivity contribution in [1.82, 2.24) is 5.43 Å². The highest BCUT2D eigenvalue weighted by atomic mass is 79.9. The van der Waals surface area contributed by atoms with Gasteiger partial charge in [-0.25, -0.2) is 5.43 Å². The van der Waals surface area contributed by atoms with Gasteiger partial charge in [0.15, 0.2) is 24.7 Å². The first kappa shape index (κ1) is 31.6. The largest absolute Gasteiger partial charge is 0.490 e. The van der Waals surface area contributed by atoms with Crippen molar-refractivity contribution in [3.8, 4) is 17.2 Å². The molecule has 2 amide bonds. The monoisotopic (exact) mass is 737 g/mol. The van der Waals surface area contributed by atoms with Crippen LogP contribution in [0.1, 0.15) is 56.6 Å². The van der Waals surface area contributed by atoms with Crippen molar-refractivity contribution in [1.29, 1.82) is 0 Å². The standard InChI is InChI=1S/C35H37Br2N3O5/c1-2-43-32-14-22(19-38-40-34(42)21-44-30-10-6-27(36)15-29(30)37)3-9-31(32)45-20-33(41)39-28-7-4-26(5-8-28)35-16-23-11-24(17-35)13-25(12-23)18-35/h3-10,14-15,19,23-25H,2,11-13,16-18,20-21H2,1H3,(H,39,41)(H,40,42)/b38-19+. The molecular formula is C35H37Br2N3O5. The maximum atomic E-state index is 12.8. The fourth-order valence-corrected chi connectivity index (χ4v) is 8.81. The molecule has 4 aliphatic rings. The minimum absolute atomic E-state index is 0.158. The number of ether oxygens (including phenoxy) is 3. The second kappa shape index (κ2) is 14.0. The molecule has 8 nitrogen and oxygen atoms in total. The summed E-state index contributed by atoms with van der Waals surface area (Å²) in [4.78, 5) is 24.9. The average Bonchev–Trinajstić information content (AvgIpc) is 3.00. The SMILES string of the molecule is CCOc1cc(/C=N/NC(=O)COc2ccc(Br)cc2Br)ccc1OCC(=O)Nc1ccc(C23CC4CC(CC(C4)C2)C3)cc1. The van der Waals surface area contributed by atoms with Crippen molar-refractivity contribution in [3.05, 3.63) is 80.7 Å². The van der Waals surface area contributed by atoms with E-state index in [4.69, 9.17) is 14.2 Å². The van der Waals surface area contributed by atoms with Crippen molar-refractivity contribution in [3.63, 3.8) is 0 Å². The molecule has 3 aromatic rings. The van der Waals surface area contributed by atoms with Crippen LogP contribution in [0.4, 0.5) is 5.69 Å². The number of anilines is 1. The molecule has 2 N–H and O–H groups in total. The van der Waals surface area contributed by atoms with Gasteiger partial charge in [0, 0.05) is 10.2 Å². The number of hydrazone groups is 1. The van der Waals surface area contributed by atoms with E-state index in [1.807, 2.05) is 31.2 Å². The summed E-state index contributed by atoms with van der Waals surface area (Å²) < 4.78 is 18.7. The number of nitrogens with one attached hydrogen (secondary N) is 2. The van der Waals surface area contributed by atoms with Crippen molar-refractivity contribution in [2.45, 2.75) is 50.9 Å². The predicted octanol–water partition coefficient (Wildman–Crippen LogP) is 7.62. The van der Waals surface area contributed by atoms with Crippen LogP contribution in [-0.2, 0) is 15.0 Å². The van der Waals surface area contributed by atoms with E-state index >= 15 is 0 Å². The Balaban J connectivity index is 0.988. The van der Waals surface area contributed by atoms with Gasteiger partial charge < -0.3 is 19.5 Å². The topological polar surface area (TPSA) is 98.2 Å². The average molecular weight is 740 g/mol. The molecule has 0 heterocycles. The molecular weight excluding hydrogens is 702 g/mol. The molecule has 7 rings (SSSR count). The van der Waals surface area contributed by atoms with E-state index in [1.165, 1.54) is 50.3 Å². The molecule has 4 aliphatic carbocycles. The normalized spacial score (nSPS) is 23.1. The molecule has 236 valence electrons.